The van der Waals surface area contributed by atoms with Crippen molar-refractivity contribution < 1.29 is 43.2 Å². The maximum absolute atomic E-state index is 9.97. The lowest BCUT2D eigenvalue weighted by atomic mass is 10.9. The Labute approximate surface area is 110 Å². The largest absolute Gasteiger partial charge is 0.510 e. The van der Waals surface area contributed by atoms with Gasteiger partial charge in [0.25, 0.3) is 0 Å². The van der Waals surface area contributed by atoms with Gasteiger partial charge in [-0.2, -0.15) is 0 Å². The van der Waals surface area contributed by atoms with Gasteiger partial charge < -0.3 is 28.8 Å². The molecule has 0 unspecified atom stereocenters. The Morgan fingerprint density at radius 3 is 1.53 bits per heavy atom. The number of carboxylic acid groups (broad SMARTS) is 1. The lowest BCUT2D eigenvalue weighted by Gasteiger charge is -1.94. The third-order valence-corrected chi connectivity index (χ3v) is 0.946. The van der Waals surface area contributed by atoms with Crippen molar-refractivity contribution in [2.24, 2.45) is 0 Å². The topological polar surface area (TPSA) is 118 Å². The minimum atomic E-state index is -1.33. The molecule has 112 valence electrons. The molecule has 0 saturated heterocycles. The average Bonchev–Trinajstić information content (AvgIpc) is 2.39. The summed E-state index contributed by atoms with van der Waals surface area (Å²) >= 11 is 0. The predicted octanol–water partition coefficient (Wildman–Crippen LogP) is 2.01. The van der Waals surface area contributed by atoms with E-state index in [1.165, 1.54) is 21.3 Å². The molecule has 0 fully saturated rings. The summed E-state index contributed by atoms with van der Waals surface area (Å²) in [6.45, 7) is 5.08. The van der Waals surface area contributed by atoms with E-state index in [0.717, 1.165) is 6.26 Å². The van der Waals surface area contributed by atoms with Crippen molar-refractivity contribution >= 4 is 18.5 Å². The third kappa shape index (κ3) is 31.3. The minimum absolute atomic E-state index is 0.368. The molecule has 1 N–H and O–H groups in total. The number of hydrogen-bond acceptors (Lipinski definition) is 8. The molecule has 0 aromatic heterocycles. The van der Waals surface area contributed by atoms with Gasteiger partial charge in [0.05, 0.1) is 34.2 Å². The first-order valence-electron chi connectivity index (χ1n) is 4.72. The van der Waals surface area contributed by atoms with E-state index in [2.05, 4.69) is 30.3 Å². The molecule has 0 aromatic rings. The van der Waals surface area contributed by atoms with Gasteiger partial charge >= 0.3 is 18.5 Å². The van der Waals surface area contributed by atoms with Crippen molar-refractivity contribution in [3.8, 4) is 0 Å². The van der Waals surface area contributed by atoms with E-state index in [1.54, 1.807) is 6.92 Å². The van der Waals surface area contributed by atoms with Gasteiger partial charge in [-0.15, -0.1) is 0 Å². The second-order valence-electron chi connectivity index (χ2n) is 2.10. The molecule has 0 radical (unpaired) electrons. The van der Waals surface area contributed by atoms with Crippen LogP contribution in [0.4, 0.5) is 14.4 Å². The number of rotatable bonds is 2. The fourth-order valence-corrected chi connectivity index (χ4v) is 0.331. The highest BCUT2D eigenvalue weighted by Gasteiger charge is 1.92. The van der Waals surface area contributed by atoms with Gasteiger partial charge in [0, 0.05) is 0 Å². The molecule has 0 atom stereocenters. The highest BCUT2D eigenvalue weighted by atomic mass is 16.7. The second-order valence-corrected chi connectivity index (χ2v) is 2.10. The summed E-state index contributed by atoms with van der Waals surface area (Å²) in [4.78, 5) is 29.0. The Bertz CT molecular complexity index is 256. The van der Waals surface area contributed by atoms with E-state index >= 15 is 0 Å². The van der Waals surface area contributed by atoms with Crippen LogP contribution in [0.5, 0.6) is 0 Å². The minimum Gasteiger partial charge on any atom is -0.449 e. The van der Waals surface area contributed by atoms with Crippen LogP contribution in [0, 0.1) is 0 Å². The highest BCUT2D eigenvalue weighted by Crippen LogP contribution is 1.77. The van der Waals surface area contributed by atoms with Crippen LogP contribution in [0.15, 0.2) is 12.8 Å². The number of carbonyl (C=O) groups excluding carboxylic acids is 2. The summed E-state index contributed by atoms with van der Waals surface area (Å²) in [6, 6.07) is 0. The Kier molecular flexibility index (Phi) is 20.6. The number of hydrogen-bond donors (Lipinski definition) is 1. The molecule has 0 aromatic carbocycles. The smallest absolute Gasteiger partial charge is 0.449 e. The van der Waals surface area contributed by atoms with Crippen molar-refractivity contribution in [3.05, 3.63) is 12.8 Å². The zero-order valence-corrected chi connectivity index (χ0v) is 11.2. The molecule has 0 aliphatic rings. The van der Waals surface area contributed by atoms with Gasteiger partial charge in [-0.1, -0.05) is 6.58 Å². The maximum Gasteiger partial charge on any atom is 0.510 e. The summed E-state index contributed by atoms with van der Waals surface area (Å²) in [7, 11) is 3.79. The van der Waals surface area contributed by atoms with Crippen LogP contribution in [0.3, 0.4) is 0 Å². The van der Waals surface area contributed by atoms with E-state index in [9.17, 15) is 14.4 Å². The third-order valence-electron chi connectivity index (χ3n) is 0.946. The molecule has 0 saturated carbocycles. The van der Waals surface area contributed by atoms with Crippen LogP contribution in [0.2, 0.25) is 0 Å². The van der Waals surface area contributed by atoms with E-state index in [4.69, 9.17) is 5.11 Å². The Balaban J connectivity index is -0.000000203. The van der Waals surface area contributed by atoms with Gasteiger partial charge in [0.1, 0.15) is 0 Å². The summed E-state index contributed by atoms with van der Waals surface area (Å²) in [5.74, 6) is 0. The van der Waals surface area contributed by atoms with Crippen LogP contribution in [-0.4, -0.2) is 51.5 Å². The molecular weight excluding hydrogens is 264 g/mol. The first-order valence-corrected chi connectivity index (χ1v) is 4.72. The average molecular weight is 282 g/mol. The zero-order chi connectivity index (χ0) is 15.7. The van der Waals surface area contributed by atoms with E-state index < -0.39 is 18.5 Å². The Morgan fingerprint density at radius 2 is 1.47 bits per heavy atom. The molecular formula is C10H18O9. The highest BCUT2D eigenvalue weighted by molar-refractivity contribution is 5.59. The quantitative estimate of drug-likeness (QED) is 0.460. The van der Waals surface area contributed by atoms with E-state index in [0.29, 0.717) is 6.61 Å². The van der Waals surface area contributed by atoms with Crippen molar-refractivity contribution in [1.82, 2.24) is 0 Å². The standard InChI is InChI=1S/C4H8O3.C3H6O3.C3H4O3/c1-3-7-4(5)6-2;1-5-3(4)6-2;1-2-6-3(4)5/h3H2,1-2H3;1-2H3;2H,1H2,(H,4,5). The van der Waals surface area contributed by atoms with Crippen LogP contribution < -0.4 is 0 Å². The van der Waals surface area contributed by atoms with Crippen molar-refractivity contribution in [3.63, 3.8) is 0 Å². The van der Waals surface area contributed by atoms with Gasteiger partial charge in [-0.05, 0) is 6.92 Å². The van der Waals surface area contributed by atoms with Gasteiger partial charge in [-0.25, -0.2) is 14.4 Å². The lowest BCUT2D eigenvalue weighted by molar-refractivity contribution is 0.0770. The summed E-state index contributed by atoms with van der Waals surface area (Å²) in [5, 5.41) is 7.62. The number of carbonyl (C=O) groups is 3. The molecule has 0 spiro atoms. The molecule has 9 nitrogen and oxygen atoms in total. The molecule has 0 aliphatic heterocycles. The number of ether oxygens (including phenoxy) is 5. The summed E-state index contributed by atoms with van der Waals surface area (Å²) < 4.78 is 20.3. The molecule has 0 aliphatic carbocycles. The van der Waals surface area contributed by atoms with Crippen LogP contribution in [0.25, 0.3) is 0 Å². The van der Waals surface area contributed by atoms with Crippen molar-refractivity contribution in [2.75, 3.05) is 27.9 Å². The van der Waals surface area contributed by atoms with Gasteiger partial charge in [0.15, 0.2) is 0 Å². The van der Waals surface area contributed by atoms with Crippen molar-refractivity contribution in [1.29, 1.82) is 0 Å². The maximum atomic E-state index is 9.97. The predicted molar refractivity (Wildman–Crippen MR) is 62.8 cm³/mol. The SMILES string of the molecule is C=COC(=O)O.CCOC(=O)OC.COC(=O)OC. The monoisotopic (exact) mass is 282 g/mol. The van der Waals surface area contributed by atoms with Crippen LogP contribution >= 0.6 is 0 Å². The fourth-order valence-electron chi connectivity index (χ4n) is 0.331. The van der Waals surface area contributed by atoms with Crippen LogP contribution in [0.1, 0.15) is 6.92 Å². The lowest BCUT2D eigenvalue weighted by Crippen LogP contribution is -2.02. The van der Waals surface area contributed by atoms with Crippen LogP contribution in [-0.2, 0) is 23.7 Å². The first kappa shape index (κ1) is 21.8. The Morgan fingerprint density at radius 1 is 1.05 bits per heavy atom. The normalized spacial score (nSPS) is 7.16. The first-order chi connectivity index (χ1) is 8.89. The fraction of sp³-hybridized carbons (Fsp3) is 0.500. The molecule has 9 heteroatoms. The molecule has 19 heavy (non-hydrogen) atoms. The summed E-state index contributed by atoms with van der Waals surface area (Å²) in [5.41, 5.74) is 0. The van der Waals surface area contributed by atoms with Crippen molar-refractivity contribution in [2.45, 2.75) is 6.92 Å². The van der Waals surface area contributed by atoms with E-state index in [1.807, 2.05) is 0 Å². The van der Waals surface area contributed by atoms with Gasteiger partial charge in [0.2, 0.25) is 0 Å². The second kappa shape index (κ2) is 17.9. The summed E-state index contributed by atoms with van der Waals surface area (Å²) in [6.07, 6.45) is -1.76. The molecule has 0 rings (SSSR count). The molecule has 0 bridgehead atoms. The zero-order valence-electron chi connectivity index (χ0n) is 11.2. The number of methoxy groups -OCH3 is 3. The van der Waals surface area contributed by atoms with E-state index in [-0.39, 0.29) is 0 Å². The Hall–Kier alpha value is -2.45. The molecule has 0 amide bonds. The molecule has 0 heterocycles. The van der Waals surface area contributed by atoms with Gasteiger partial charge in [-0.3, -0.25) is 0 Å².